The van der Waals surface area contributed by atoms with Crippen LogP contribution in [0.1, 0.15) is 37.8 Å². The lowest BCUT2D eigenvalue weighted by Crippen LogP contribution is -2.48. The third-order valence-corrected chi connectivity index (χ3v) is 7.02. The number of carbonyl (C=O) groups is 2. The van der Waals surface area contributed by atoms with Gasteiger partial charge in [0.25, 0.3) is 0 Å². The third-order valence-electron chi connectivity index (χ3n) is 6.49. The van der Waals surface area contributed by atoms with Crippen LogP contribution in [0.15, 0.2) is 59.1 Å². The molecule has 2 aromatic carbocycles. The lowest BCUT2D eigenvalue weighted by atomic mass is 9.67. The molecule has 0 aliphatic carbocycles. The molecule has 0 bridgehead atoms. The Labute approximate surface area is 196 Å². The number of anilines is 1. The molecule has 5 nitrogen and oxygen atoms in total. The van der Waals surface area contributed by atoms with Gasteiger partial charge in [0.2, 0.25) is 0 Å². The first-order chi connectivity index (χ1) is 15.2. The van der Waals surface area contributed by atoms with Crippen LogP contribution in [0.3, 0.4) is 0 Å². The molecule has 0 amide bonds. The number of esters is 1. The van der Waals surface area contributed by atoms with Crippen molar-refractivity contribution >= 4 is 39.4 Å². The van der Waals surface area contributed by atoms with Gasteiger partial charge in [-0.1, -0.05) is 79.2 Å². The van der Waals surface area contributed by atoms with Crippen LogP contribution in [0.2, 0.25) is 0 Å². The van der Waals surface area contributed by atoms with Gasteiger partial charge in [-0.25, -0.2) is 0 Å². The summed E-state index contributed by atoms with van der Waals surface area (Å²) in [6, 6.07) is 16.2. The van der Waals surface area contributed by atoms with E-state index in [1.165, 1.54) is 7.11 Å². The number of para-hydroxylation sites is 1. The van der Waals surface area contributed by atoms with Crippen molar-refractivity contribution in [2.75, 3.05) is 12.0 Å². The Morgan fingerprint density at radius 2 is 1.78 bits per heavy atom. The molecule has 164 valence electrons. The fourth-order valence-corrected chi connectivity index (χ4v) is 5.29. The zero-order valence-corrected chi connectivity index (χ0v) is 20.1. The Morgan fingerprint density at radius 3 is 2.38 bits per heavy atom. The second-order valence-corrected chi connectivity index (χ2v) is 10.2. The maximum atomic E-state index is 14.0. The number of ketones is 1. The predicted molar refractivity (Wildman–Crippen MR) is 127 cm³/mol. The minimum Gasteiger partial charge on any atom is -0.468 e. The minimum atomic E-state index is -1.59. The maximum Gasteiger partial charge on any atom is 0.329 e. The number of carbonyl (C=O) groups excluding carboxylic acids is 2. The lowest BCUT2D eigenvalue weighted by Gasteiger charge is -2.37. The van der Waals surface area contributed by atoms with E-state index < -0.39 is 34.8 Å². The quantitative estimate of drug-likeness (QED) is 0.556. The molecule has 0 saturated carbocycles. The third kappa shape index (κ3) is 3.18. The highest BCUT2D eigenvalue weighted by atomic mass is 79.9. The highest BCUT2D eigenvalue weighted by Gasteiger charge is 2.67. The molecule has 0 aromatic heterocycles. The Balaban J connectivity index is 2.06. The summed E-state index contributed by atoms with van der Waals surface area (Å²) in [5.74, 6) is -1.36. The number of hydrogen-bond donors (Lipinski definition) is 0. The van der Waals surface area contributed by atoms with Crippen molar-refractivity contribution in [1.29, 1.82) is 5.26 Å². The molecule has 4 atom stereocenters. The van der Waals surface area contributed by atoms with Gasteiger partial charge >= 0.3 is 5.97 Å². The van der Waals surface area contributed by atoms with Crippen LogP contribution >= 0.6 is 15.9 Å². The van der Waals surface area contributed by atoms with Gasteiger partial charge in [-0.05, 0) is 29.3 Å². The Hall–Kier alpha value is -2.91. The monoisotopic (exact) mass is 492 g/mol. The summed E-state index contributed by atoms with van der Waals surface area (Å²) in [7, 11) is 1.30. The number of nitriles is 1. The van der Waals surface area contributed by atoms with E-state index in [1.54, 1.807) is 0 Å². The van der Waals surface area contributed by atoms with Crippen molar-refractivity contribution in [2.45, 2.75) is 38.8 Å². The van der Waals surface area contributed by atoms with Gasteiger partial charge in [0.1, 0.15) is 0 Å². The minimum absolute atomic E-state index is 0.0263. The van der Waals surface area contributed by atoms with Crippen LogP contribution in [0.25, 0.3) is 6.08 Å². The van der Waals surface area contributed by atoms with E-state index in [-0.39, 0.29) is 5.78 Å². The first kappa shape index (κ1) is 22.3. The van der Waals surface area contributed by atoms with Gasteiger partial charge < -0.3 is 9.64 Å². The van der Waals surface area contributed by atoms with Crippen LogP contribution in [0.5, 0.6) is 0 Å². The van der Waals surface area contributed by atoms with Gasteiger partial charge in [0.05, 0.1) is 25.3 Å². The topological polar surface area (TPSA) is 70.4 Å². The Morgan fingerprint density at radius 1 is 1.12 bits per heavy atom. The van der Waals surface area contributed by atoms with Gasteiger partial charge in [-0.3, -0.25) is 9.59 Å². The number of rotatable bonds is 3. The molecule has 32 heavy (non-hydrogen) atoms. The number of ether oxygens (including phenoxy) is 1. The van der Waals surface area contributed by atoms with E-state index >= 15 is 0 Å². The smallest absolute Gasteiger partial charge is 0.329 e. The van der Waals surface area contributed by atoms with Gasteiger partial charge in [0, 0.05) is 21.5 Å². The molecule has 2 aromatic rings. The molecule has 0 N–H and O–H groups in total. The maximum absolute atomic E-state index is 14.0. The molecule has 1 fully saturated rings. The summed E-state index contributed by atoms with van der Waals surface area (Å²) in [6.45, 7) is 5.62. The van der Waals surface area contributed by atoms with Crippen molar-refractivity contribution in [1.82, 2.24) is 0 Å². The average Bonchev–Trinajstić information content (AvgIpc) is 3.09. The highest BCUT2D eigenvalue weighted by molar-refractivity contribution is 9.10. The normalized spacial score (nSPS) is 26.1. The molecular weight excluding hydrogens is 468 g/mol. The lowest BCUT2D eigenvalue weighted by molar-refractivity contribution is -0.150. The van der Waals surface area contributed by atoms with Crippen molar-refractivity contribution in [3.8, 4) is 6.07 Å². The second kappa shape index (κ2) is 7.90. The number of nitrogens with zero attached hydrogens (tertiary/aromatic N) is 2. The molecule has 0 spiro atoms. The van der Waals surface area contributed by atoms with E-state index in [2.05, 4.69) is 22.0 Å². The largest absolute Gasteiger partial charge is 0.468 e. The number of methoxy groups -OCH3 is 1. The predicted octanol–water partition coefficient (Wildman–Crippen LogP) is 5.12. The number of Topliss-reactive ketones (excluding diaryl/α,β-unsaturated/α-hetero) is 1. The number of fused-ring (bicyclic) bond motifs is 3. The fraction of sp³-hybridized carbons (Fsp3) is 0.346. The molecular formula is C26H25BrN2O3. The van der Waals surface area contributed by atoms with Crippen molar-refractivity contribution in [3.05, 3.63) is 70.2 Å². The van der Waals surface area contributed by atoms with Crippen LogP contribution in [-0.4, -0.2) is 30.9 Å². The van der Waals surface area contributed by atoms with Crippen LogP contribution in [-0.2, 0) is 14.3 Å². The number of halogens is 1. The zero-order valence-electron chi connectivity index (χ0n) is 18.5. The first-order valence-corrected chi connectivity index (χ1v) is 11.3. The van der Waals surface area contributed by atoms with E-state index in [9.17, 15) is 14.9 Å². The summed E-state index contributed by atoms with van der Waals surface area (Å²) in [5, 5.41) is 10.6. The van der Waals surface area contributed by atoms with Crippen LogP contribution in [0.4, 0.5) is 5.69 Å². The van der Waals surface area contributed by atoms with E-state index in [0.717, 1.165) is 21.3 Å². The average molecular weight is 493 g/mol. The molecule has 1 saturated heterocycles. The Kier molecular flexibility index (Phi) is 5.50. The molecule has 0 radical (unpaired) electrons. The number of benzene rings is 2. The zero-order chi connectivity index (χ0) is 23.3. The van der Waals surface area contributed by atoms with Gasteiger partial charge in [-0.15, -0.1) is 0 Å². The molecule has 2 heterocycles. The molecule has 4 rings (SSSR count). The van der Waals surface area contributed by atoms with E-state index in [0.29, 0.717) is 0 Å². The summed E-state index contributed by atoms with van der Waals surface area (Å²) < 4.78 is 6.09. The fourth-order valence-electron chi connectivity index (χ4n) is 5.02. The van der Waals surface area contributed by atoms with Crippen molar-refractivity contribution < 1.29 is 14.3 Å². The van der Waals surface area contributed by atoms with E-state index in [1.807, 2.05) is 86.4 Å². The summed E-state index contributed by atoms with van der Waals surface area (Å²) in [5.41, 5.74) is 0.274. The summed E-state index contributed by atoms with van der Waals surface area (Å²) in [4.78, 5) is 29.3. The highest BCUT2D eigenvalue weighted by Crippen LogP contribution is 2.56. The van der Waals surface area contributed by atoms with Crippen LogP contribution in [0, 0.1) is 22.2 Å². The SMILES string of the molecule is COC(=O)[C@@]1(C#N)[C@H](c2ccc(Br)cc2)[C@@H](C(=O)C(C)(C)C)N2c3ccccc3C=C[C@H]21. The molecule has 6 heteroatoms. The molecule has 2 aliphatic heterocycles. The van der Waals surface area contributed by atoms with Crippen molar-refractivity contribution in [3.63, 3.8) is 0 Å². The van der Waals surface area contributed by atoms with Gasteiger partial charge in [0.15, 0.2) is 11.2 Å². The second-order valence-electron chi connectivity index (χ2n) is 9.33. The molecule has 0 unspecified atom stereocenters. The van der Waals surface area contributed by atoms with Crippen LogP contribution < -0.4 is 4.90 Å². The summed E-state index contributed by atoms with van der Waals surface area (Å²) in [6.07, 6.45) is 3.79. The summed E-state index contributed by atoms with van der Waals surface area (Å²) >= 11 is 3.46. The number of hydrogen-bond acceptors (Lipinski definition) is 5. The molecule has 2 aliphatic rings. The Bertz CT molecular complexity index is 1140. The van der Waals surface area contributed by atoms with Gasteiger partial charge in [-0.2, -0.15) is 5.26 Å². The van der Waals surface area contributed by atoms with E-state index in [4.69, 9.17) is 4.74 Å². The first-order valence-electron chi connectivity index (χ1n) is 10.5. The standard InChI is InChI=1S/C26H25BrN2O3/c1-25(2,3)23(30)22-21(17-9-12-18(27)13-10-17)26(15-28,24(31)32-4)20-14-11-16-7-5-6-8-19(16)29(20)22/h5-14,20-22H,1-4H3/t20-,21+,22-,26+/m0/s1. The van der Waals surface area contributed by atoms with Crippen molar-refractivity contribution in [2.24, 2.45) is 10.8 Å².